The van der Waals surface area contributed by atoms with Gasteiger partial charge in [-0.25, -0.2) is 4.79 Å². The van der Waals surface area contributed by atoms with Crippen molar-refractivity contribution in [3.63, 3.8) is 0 Å². The summed E-state index contributed by atoms with van der Waals surface area (Å²) in [6.07, 6.45) is 2.86. The molecule has 0 bridgehead atoms. The van der Waals surface area contributed by atoms with Crippen LogP contribution < -0.4 is 0 Å². The van der Waals surface area contributed by atoms with Crippen molar-refractivity contribution >= 4 is 63.9 Å². The lowest BCUT2D eigenvalue weighted by Gasteiger charge is -2.23. The molecule has 3 nitrogen and oxygen atoms in total. The van der Waals surface area contributed by atoms with E-state index in [0.717, 1.165) is 34.8 Å². The molecule has 2 N–H and O–H groups in total. The van der Waals surface area contributed by atoms with E-state index in [-0.39, 0.29) is 17.2 Å². The van der Waals surface area contributed by atoms with Gasteiger partial charge in [0.05, 0.1) is 6.10 Å². The van der Waals surface area contributed by atoms with E-state index in [2.05, 4.69) is 0 Å². The molecule has 2 aromatic rings. The van der Waals surface area contributed by atoms with Crippen molar-refractivity contribution in [3.8, 4) is 0 Å². The van der Waals surface area contributed by atoms with Crippen LogP contribution >= 0.6 is 57.9 Å². The largest absolute Gasteiger partial charge is 0.477 e. The number of benzene rings is 1. The fraction of sp³-hybridized carbons (Fsp3) is 0.450. The first-order valence-electron chi connectivity index (χ1n) is 9.06. The van der Waals surface area contributed by atoms with E-state index in [1.807, 2.05) is 18.2 Å². The minimum Gasteiger partial charge on any atom is -0.477 e. The first-order valence-corrected chi connectivity index (χ1v) is 12.1. The summed E-state index contributed by atoms with van der Waals surface area (Å²) in [4.78, 5) is 13.4. The SMILES string of the molecule is O=C(O)c1ccc(CCC[C@@H]2[C@@H](CSc3cc(Cl)cc(Cl)c3)[C@H](O)C[C@H]2Cl)s1. The van der Waals surface area contributed by atoms with Gasteiger partial charge in [0.25, 0.3) is 0 Å². The van der Waals surface area contributed by atoms with Crippen LogP contribution in [-0.4, -0.2) is 33.4 Å². The van der Waals surface area contributed by atoms with Crippen molar-refractivity contribution in [1.29, 1.82) is 0 Å². The lowest BCUT2D eigenvalue weighted by atomic mass is 9.91. The second-order valence-electron chi connectivity index (χ2n) is 7.03. The molecule has 1 heterocycles. The number of aliphatic hydroxyl groups excluding tert-OH is 1. The Labute approximate surface area is 188 Å². The molecule has 0 radical (unpaired) electrons. The summed E-state index contributed by atoms with van der Waals surface area (Å²) in [5.74, 6) is 0.226. The third-order valence-corrected chi connectivity index (χ3v) is 8.28. The zero-order valence-electron chi connectivity index (χ0n) is 15.0. The molecule has 1 aliphatic carbocycles. The molecule has 0 saturated heterocycles. The van der Waals surface area contributed by atoms with Crippen LogP contribution in [0.3, 0.4) is 0 Å². The molecule has 1 saturated carbocycles. The Kier molecular flexibility index (Phi) is 7.99. The predicted octanol–water partition coefficient (Wildman–Crippen LogP) is 6.47. The van der Waals surface area contributed by atoms with Crippen LogP contribution in [0.5, 0.6) is 0 Å². The molecule has 28 heavy (non-hydrogen) atoms. The predicted molar refractivity (Wildman–Crippen MR) is 119 cm³/mol. The van der Waals surface area contributed by atoms with E-state index in [9.17, 15) is 9.90 Å². The summed E-state index contributed by atoms with van der Waals surface area (Å²) in [5.41, 5.74) is 0. The molecular weight excluding hydrogens is 459 g/mol. The number of aryl methyl sites for hydroxylation is 1. The van der Waals surface area contributed by atoms with E-state index in [4.69, 9.17) is 39.9 Å². The molecule has 1 fully saturated rings. The summed E-state index contributed by atoms with van der Waals surface area (Å²) in [6, 6.07) is 9.00. The fourth-order valence-corrected chi connectivity index (χ4v) is 7.02. The highest BCUT2D eigenvalue weighted by molar-refractivity contribution is 7.99. The molecule has 1 aromatic heterocycles. The minimum atomic E-state index is -0.880. The van der Waals surface area contributed by atoms with Crippen LogP contribution in [0.2, 0.25) is 10.0 Å². The molecule has 3 rings (SSSR count). The van der Waals surface area contributed by atoms with E-state index >= 15 is 0 Å². The summed E-state index contributed by atoms with van der Waals surface area (Å²) < 4.78 is 0. The van der Waals surface area contributed by atoms with E-state index < -0.39 is 12.1 Å². The van der Waals surface area contributed by atoms with Gasteiger partial charge >= 0.3 is 5.97 Å². The third kappa shape index (κ3) is 5.80. The maximum Gasteiger partial charge on any atom is 0.345 e. The molecule has 0 amide bonds. The number of carboxylic acids is 1. The number of aromatic carboxylic acids is 1. The molecule has 0 aliphatic heterocycles. The van der Waals surface area contributed by atoms with Crippen LogP contribution in [0.25, 0.3) is 0 Å². The van der Waals surface area contributed by atoms with Gasteiger partial charge in [-0.05, 0) is 67.9 Å². The summed E-state index contributed by atoms with van der Waals surface area (Å²) in [7, 11) is 0. The second-order valence-corrected chi connectivity index (χ2v) is 10.7. The van der Waals surface area contributed by atoms with Gasteiger partial charge in [0, 0.05) is 30.9 Å². The first kappa shape index (κ1) is 22.3. The number of halogens is 3. The Morgan fingerprint density at radius 2 is 1.89 bits per heavy atom. The third-order valence-electron chi connectivity index (χ3n) is 5.09. The number of carboxylic acid groups (broad SMARTS) is 1. The topological polar surface area (TPSA) is 57.5 Å². The van der Waals surface area contributed by atoms with Crippen LogP contribution in [0.1, 0.15) is 33.8 Å². The average molecular weight is 480 g/mol. The molecule has 4 atom stereocenters. The lowest BCUT2D eigenvalue weighted by Crippen LogP contribution is -2.23. The van der Waals surface area contributed by atoms with Crippen molar-refractivity contribution in [2.75, 3.05) is 5.75 Å². The van der Waals surface area contributed by atoms with Gasteiger partial charge in [-0.15, -0.1) is 34.7 Å². The number of hydrogen-bond donors (Lipinski definition) is 2. The number of carbonyl (C=O) groups is 1. The van der Waals surface area contributed by atoms with Crippen molar-refractivity contribution in [1.82, 2.24) is 0 Å². The summed E-state index contributed by atoms with van der Waals surface area (Å²) >= 11 is 21.6. The Bertz CT molecular complexity index is 807. The minimum absolute atomic E-state index is 0.0403. The number of aliphatic hydroxyl groups is 1. The average Bonchev–Trinajstić information content (AvgIpc) is 3.18. The monoisotopic (exact) mass is 478 g/mol. The Morgan fingerprint density at radius 1 is 1.18 bits per heavy atom. The molecule has 1 aromatic carbocycles. The van der Waals surface area contributed by atoms with Gasteiger partial charge in [-0.3, -0.25) is 0 Å². The van der Waals surface area contributed by atoms with Crippen LogP contribution in [0.4, 0.5) is 0 Å². The van der Waals surface area contributed by atoms with Crippen LogP contribution in [-0.2, 0) is 6.42 Å². The number of alkyl halides is 1. The highest BCUT2D eigenvalue weighted by atomic mass is 35.5. The maximum absolute atomic E-state index is 11.0. The second kappa shape index (κ2) is 10.1. The van der Waals surface area contributed by atoms with Crippen molar-refractivity contribution in [2.45, 2.75) is 42.1 Å². The van der Waals surface area contributed by atoms with E-state index in [1.165, 1.54) is 11.3 Å². The van der Waals surface area contributed by atoms with Crippen LogP contribution in [0.15, 0.2) is 35.2 Å². The van der Waals surface area contributed by atoms with Gasteiger partial charge in [-0.1, -0.05) is 23.2 Å². The Balaban J connectivity index is 1.56. The number of thioether (sulfide) groups is 1. The lowest BCUT2D eigenvalue weighted by molar-refractivity contribution is 0.0702. The molecule has 0 unspecified atom stereocenters. The van der Waals surface area contributed by atoms with Crippen molar-refractivity contribution in [3.05, 3.63) is 50.1 Å². The number of hydrogen-bond acceptors (Lipinski definition) is 4. The quantitative estimate of drug-likeness (QED) is 0.336. The van der Waals surface area contributed by atoms with Gasteiger partial charge in [0.1, 0.15) is 4.88 Å². The smallest absolute Gasteiger partial charge is 0.345 e. The van der Waals surface area contributed by atoms with Gasteiger partial charge in [0.15, 0.2) is 0 Å². The Hall–Kier alpha value is -0.430. The van der Waals surface area contributed by atoms with Gasteiger partial charge in [0.2, 0.25) is 0 Å². The molecule has 152 valence electrons. The van der Waals surface area contributed by atoms with Crippen LogP contribution in [0, 0.1) is 11.8 Å². The molecule has 0 spiro atoms. The normalized spacial score (nSPS) is 24.6. The van der Waals surface area contributed by atoms with Crippen molar-refractivity contribution < 1.29 is 15.0 Å². The summed E-state index contributed by atoms with van der Waals surface area (Å²) in [6.45, 7) is 0. The number of rotatable bonds is 8. The van der Waals surface area contributed by atoms with E-state index in [1.54, 1.807) is 23.9 Å². The van der Waals surface area contributed by atoms with Crippen molar-refractivity contribution in [2.24, 2.45) is 11.8 Å². The van der Waals surface area contributed by atoms with Gasteiger partial charge < -0.3 is 10.2 Å². The highest BCUT2D eigenvalue weighted by Gasteiger charge is 2.40. The summed E-state index contributed by atoms with van der Waals surface area (Å²) in [5, 5.41) is 20.7. The molecular formula is C20H21Cl3O3S2. The first-order chi connectivity index (χ1) is 13.3. The standard InChI is InChI=1S/C20H21Cl3O3S2/c21-11-6-12(22)8-14(7-11)27-10-16-15(17(23)9-18(16)24)3-1-2-13-4-5-19(28-13)20(25)26/h4-8,15-18,24H,1-3,9-10H2,(H,25,26)/t15-,16-,17-,18-/m1/s1. The zero-order valence-corrected chi connectivity index (χ0v) is 18.9. The fourth-order valence-electron chi connectivity index (χ4n) is 3.71. The Morgan fingerprint density at radius 3 is 2.54 bits per heavy atom. The molecule has 8 heteroatoms. The van der Waals surface area contributed by atoms with E-state index in [0.29, 0.717) is 21.3 Å². The highest BCUT2D eigenvalue weighted by Crippen LogP contribution is 2.42. The van der Waals surface area contributed by atoms with Gasteiger partial charge in [-0.2, -0.15) is 0 Å². The zero-order chi connectivity index (χ0) is 20.3. The number of thiophene rings is 1. The maximum atomic E-state index is 11.0. The molecule has 1 aliphatic rings.